The van der Waals surface area contributed by atoms with Crippen LogP contribution in [-0.4, -0.2) is 36.5 Å². The number of nitrogens with zero attached hydrogens (tertiary/aromatic N) is 3. The lowest BCUT2D eigenvalue weighted by atomic mass is 9.96. The lowest BCUT2D eigenvalue weighted by Crippen LogP contribution is -2.62. The Hall–Kier alpha value is -1.61. The third kappa shape index (κ3) is 2.16. The van der Waals surface area contributed by atoms with Crippen molar-refractivity contribution in [3.05, 3.63) is 28.0 Å². The van der Waals surface area contributed by atoms with Gasteiger partial charge in [0.15, 0.2) is 5.82 Å². The van der Waals surface area contributed by atoms with Gasteiger partial charge in [0.2, 0.25) is 5.91 Å². The molecule has 0 unspecified atom stereocenters. The smallest absolute Gasteiger partial charge is 0.247 e. The van der Waals surface area contributed by atoms with Crippen LogP contribution in [0.3, 0.4) is 0 Å². The van der Waals surface area contributed by atoms with Crippen LogP contribution in [0.5, 0.6) is 0 Å². The van der Waals surface area contributed by atoms with E-state index in [1.807, 2.05) is 6.07 Å². The Morgan fingerprint density at radius 3 is 2.65 bits per heavy atom. The van der Waals surface area contributed by atoms with Crippen molar-refractivity contribution in [2.45, 2.75) is 19.4 Å². The van der Waals surface area contributed by atoms with Crippen molar-refractivity contribution in [3.63, 3.8) is 0 Å². The number of anilines is 1. The number of hydrogen-bond donors (Lipinski definition) is 0. The number of carbonyl (C=O) groups excluding carboxylic acids is 1. The molecule has 1 amide bonds. The van der Waals surface area contributed by atoms with Crippen LogP contribution in [0.1, 0.15) is 19.4 Å². The Balaban J connectivity index is 2.50. The third-order valence-corrected chi connectivity index (χ3v) is 4.45. The summed E-state index contributed by atoms with van der Waals surface area (Å²) in [6.07, 6.45) is 0. The number of carbonyl (C=O) groups is 1. The summed E-state index contributed by atoms with van der Waals surface area (Å²) in [6.45, 7) is 4.64. The highest BCUT2D eigenvalue weighted by Crippen LogP contribution is 2.34. The van der Waals surface area contributed by atoms with Crippen LogP contribution in [0.4, 0.5) is 10.1 Å². The molecule has 0 atom stereocenters. The van der Waals surface area contributed by atoms with Crippen LogP contribution in [-0.2, 0) is 4.79 Å². The van der Waals surface area contributed by atoms with Gasteiger partial charge in [-0.25, -0.2) is 4.39 Å². The SMILES string of the molecule is CN1CCN(c2ccc(C#N)c(Br)c2F)C(C)(C)C1=O. The Morgan fingerprint density at radius 2 is 2.05 bits per heavy atom. The molecule has 0 spiro atoms. The van der Waals surface area contributed by atoms with Crippen molar-refractivity contribution < 1.29 is 9.18 Å². The van der Waals surface area contributed by atoms with Gasteiger partial charge in [-0.3, -0.25) is 4.79 Å². The lowest BCUT2D eigenvalue weighted by Gasteiger charge is -2.46. The van der Waals surface area contributed by atoms with Gasteiger partial charge in [-0.05, 0) is 41.9 Å². The Bertz CT molecular complexity index is 609. The quantitative estimate of drug-likeness (QED) is 0.789. The molecular weight excluding hydrogens is 325 g/mol. The van der Waals surface area contributed by atoms with E-state index in [1.165, 1.54) is 0 Å². The maximum atomic E-state index is 14.4. The molecule has 1 fully saturated rings. The molecule has 0 bridgehead atoms. The first-order chi connectivity index (χ1) is 9.30. The first-order valence-electron chi connectivity index (χ1n) is 6.22. The molecule has 1 saturated heterocycles. The predicted molar refractivity (Wildman–Crippen MR) is 77.9 cm³/mol. The Morgan fingerprint density at radius 1 is 1.40 bits per heavy atom. The van der Waals surface area contributed by atoms with E-state index < -0.39 is 11.4 Å². The maximum absolute atomic E-state index is 14.4. The van der Waals surface area contributed by atoms with E-state index in [1.54, 1.807) is 42.8 Å². The molecule has 1 heterocycles. The average Bonchev–Trinajstić information content (AvgIpc) is 2.40. The van der Waals surface area contributed by atoms with E-state index in [0.29, 0.717) is 18.8 Å². The van der Waals surface area contributed by atoms with E-state index >= 15 is 0 Å². The molecule has 1 aliphatic heterocycles. The normalized spacial score (nSPS) is 18.1. The molecule has 0 aliphatic carbocycles. The fourth-order valence-electron chi connectivity index (χ4n) is 2.47. The number of piperazine rings is 1. The van der Waals surface area contributed by atoms with Gasteiger partial charge in [-0.2, -0.15) is 5.26 Å². The molecule has 1 aromatic rings. The van der Waals surface area contributed by atoms with Crippen LogP contribution in [0, 0.1) is 17.1 Å². The third-order valence-electron chi connectivity index (χ3n) is 3.68. The van der Waals surface area contributed by atoms with E-state index in [2.05, 4.69) is 15.9 Å². The lowest BCUT2D eigenvalue weighted by molar-refractivity contribution is -0.136. The van der Waals surface area contributed by atoms with Crippen molar-refractivity contribution in [1.29, 1.82) is 5.26 Å². The van der Waals surface area contributed by atoms with Crippen LogP contribution in [0.2, 0.25) is 0 Å². The molecule has 0 saturated carbocycles. The number of hydrogen-bond acceptors (Lipinski definition) is 3. The summed E-state index contributed by atoms with van der Waals surface area (Å²) in [6, 6.07) is 5.03. The first-order valence-corrected chi connectivity index (χ1v) is 7.01. The minimum Gasteiger partial charge on any atom is -0.353 e. The minimum absolute atomic E-state index is 0.0522. The number of benzene rings is 1. The van der Waals surface area contributed by atoms with Gasteiger partial charge in [-0.1, -0.05) is 0 Å². The molecule has 0 N–H and O–H groups in total. The number of rotatable bonds is 1. The molecule has 2 rings (SSSR count). The largest absolute Gasteiger partial charge is 0.353 e. The number of amides is 1. The molecule has 20 heavy (non-hydrogen) atoms. The summed E-state index contributed by atoms with van der Waals surface area (Å²) in [5.41, 5.74) is -0.242. The molecule has 0 radical (unpaired) electrons. The van der Waals surface area contributed by atoms with Crippen molar-refractivity contribution in [2.75, 3.05) is 25.0 Å². The van der Waals surface area contributed by atoms with Gasteiger partial charge in [0.1, 0.15) is 11.6 Å². The molecule has 4 nitrogen and oxygen atoms in total. The van der Waals surface area contributed by atoms with E-state index in [-0.39, 0.29) is 15.9 Å². The van der Waals surface area contributed by atoms with Gasteiger partial charge in [-0.15, -0.1) is 0 Å². The zero-order valence-corrected chi connectivity index (χ0v) is 13.2. The summed E-state index contributed by atoms with van der Waals surface area (Å²) in [5.74, 6) is -0.557. The van der Waals surface area contributed by atoms with Crippen LogP contribution >= 0.6 is 15.9 Å². The van der Waals surface area contributed by atoms with Crippen molar-refractivity contribution >= 4 is 27.5 Å². The first kappa shape index (κ1) is 14.8. The zero-order chi connectivity index (χ0) is 15.1. The maximum Gasteiger partial charge on any atom is 0.247 e. The second-order valence-corrected chi connectivity index (χ2v) is 6.10. The van der Waals surface area contributed by atoms with E-state index in [4.69, 9.17) is 5.26 Å². The van der Waals surface area contributed by atoms with Crippen molar-refractivity contribution in [3.8, 4) is 6.07 Å². The fourth-order valence-corrected chi connectivity index (χ4v) is 2.89. The second-order valence-electron chi connectivity index (χ2n) is 5.31. The summed E-state index contributed by atoms with van der Waals surface area (Å²) < 4.78 is 14.6. The van der Waals surface area contributed by atoms with Crippen LogP contribution in [0.15, 0.2) is 16.6 Å². The van der Waals surface area contributed by atoms with Crippen molar-refractivity contribution in [1.82, 2.24) is 4.90 Å². The molecular formula is C14H15BrFN3O. The summed E-state index contributed by atoms with van der Waals surface area (Å²) in [4.78, 5) is 15.6. The molecule has 0 aromatic heterocycles. The highest BCUT2D eigenvalue weighted by Gasteiger charge is 2.41. The van der Waals surface area contributed by atoms with Gasteiger partial charge >= 0.3 is 0 Å². The standard InChI is InChI=1S/C14H15BrFN3O/c1-14(2)13(20)18(3)6-7-19(14)10-5-4-9(8-17)11(15)12(10)16/h4-5H,6-7H2,1-3H3. The number of halogens is 2. The van der Waals surface area contributed by atoms with E-state index in [9.17, 15) is 9.18 Å². The molecule has 6 heteroatoms. The average molecular weight is 340 g/mol. The zero-order valence-electron chi connectivity index (χ0n) is 11.6. The Kier molecular flexibility index (Phi) is 3.74. The van der Waals surface area contributed by atoms with Crippen LogP contribution in [0.25, 0.3) is 0 Å². The van der Waals surface area contributed by atoms with Crippen molar-refractivity contribution in [2.24, 2.45) is 0 Å². The number of nitriles is 1. The van der Waals surface area contributed by atoms with Gasteiger partial charge < -0.3 is 9.80 Å². The van der Waals surface area contributed by atoms with Gasteiger partial charge in [0.25, 0.3) is 0 Å². The highest BCUT2D eigenvalue weighted by molar-refractivity contribution is 9.10. The number of likely N-dealkylation sites (N-methyl/N-ethyl adjacent to an activating group) is 1. The monoisotopic (exact) mass is 339 g/mol. The van der Waals surface area contributed by atoms with Gasteiger partial charge in [0, 0.05) is 20.1 Å². The summed E-state index contributed by atoms with van der Waals surface area (Å²) >= 11 is 3.10. The predicted octanol–water partition coefficient (Wildman–Crippen LogP) is 2.52. The summed E-state index contributed by atoms with van der Waals surface area (Å²) in [5, 5.41) is 8.90. The van der Waals surface area contributed by atoms with E-state index in [0.717, 1.165) is 0 Å². The minimum atomic E-state index is -0.818. The highest BCUT2D eigenvalue weighted by atomic mass is 79.9. The second kappa shape index (κ2) is 5.06. The molecule has 1 aliphatic rings. The topological polar surface area (TPSA) is 47.3 Å². The summed E-state index contributed by atoms with van der Waals surface area (Å²) in [7, 11) is 1.74. The fraction of sp³-hybridized carbons (Fsp3) is 0.429. The van der Waals surface area contributed by atoms with Crippen LogP contribution < -0.4 is 4.90 Å². The molecule has 1 aromatic carbocycles. The van der Waals surface area contributed by atoms with Gasteiger partial charge in [0.05, 0.1) is 15.7 Å². The molecule has 106 valence electrons. The Labute approximate surface area is 125 Å².